The molecule has 30 heavy (non-hydrogen) atoms. The molecule has 4 heterocycles. The number of carbonyl (C=O) groups excluding carboxylic acids is 1. The second-order valence-electron chi connectivity index (χ2n) is 8.07. The van der Waals surface area contributed by atoms with Gasteiger partial charge in [0.2, 0.25) is 11.8 Å². The van der Waals surface area contributed by atoms with Crippen LogP contribution in [-0.4, -0.2) is 44.5 Å². The fourth-order valence-electron chi connectivity index (χ4n) is 3.88. The number of nitrogens with zero attached hydrogens (tertiary/aromatic N) is 4. The van der Waals surface area contributed by atoms with Crippen molar-refractivity contribution in [2.24, 2.45) is 5.92 Å². The van der Waals surface area contributed by atoms with E-state index in [2.05, 4.69) is 39.8 Å². The first-order valence-corrected chi connectivity index (χ1v) is 11.2. The lowest BCUT2D eigenvalue weighted by molar-refractivity contribution is -0.125. The van der Waals surface area contributed by atoms with Crippen LogP contribution in [0.25, 0.3) is 10.9 Å². The highest BCUT2D eigenvalue weighted by Crippen LogP contribution is 2.35. The van der Waals surface area contributed by atoms with E-state index in [0.717, 1.165) is 45.6 Å². The molecule has 1 N–H and O–H groups in total. The van der Waals surface area contributed by atoms with Gasteiger partial charge in [0.25, 0.3) is 0 Å². The maximum absolute atomic E-state index is 11.9. The third kappa shape index (κ3) is 3.92. The number of aryl methyl sites for hydroxylation is 1. The normalized spacial score (nSPS) is 18.7. The van der Waals surface area contributed by atoms with Crippen LogP contribution in [0, 0.1) is 12.8 Å². The number of fused-ring (bicyclic) bond motifs is 1. The zero-order valence-electron chi connectivity index (χ0n) is 17.0. The fourth-order valence-corrected chi connectivity index (χ4v) is 4.55. The number of aromatic nitrogens is 3. The van der Waals surface area contributed by atoms with Crippen LogP contribution in [0.2, 0.25) is 0 Å². The highest BCUT2D eigenvalue weighted by atomic mass is 32.1. The van der Waals surface area contributed by atoms with Crippen molar-refractivity contribution in [2.75, 3.05) is 18.4 Å². The van der Waals surface area contributed by atoms with Gasteiger partial charge in [-0.15, -0.1) is 11.3 Å². The van der Waals surface area contributed by atoms with E-state index in [1.807, 2.05) is 13.1 Å². The van der Waals surface area contributed by atoms with Crippen LogP contribution in [0.1, 0.15) is 24.1 Å². The average molecular weight is 424 g/mol. The van der Waals surface area contributed by atoms with Crippen LogP contribution in [-0.2, 0) is 11.3 Å². The number of likely N-dealkylation sites (tertiary alicyclic amines) is 1. The van der Waals surface area contributed by atoms with E-state index in [1.54, 1.807) is 16.2 Å². The van der Waals surface area contributed by atoms with Gasteiger partial charge in [0, 0.05) is 42.8 Å². The van der Waals surface area contributed by atoms with Crippen molar-refractivity contribution in [3.63, 3.8) is 0 Å². The number of thiazole rings is 1. The summed E-state index contributed by atoms with van der Waals surface area (Å²) in [6.07, 6.45) is 8.64. The summed E-state index contributed by atoms with van der Waals surface area (Å²) in [5, 5.41) is 5.15. The molecule has 5 rings (SSSR count). The van der Waals surface area contributed by atoms with E-state index < -0.39 is 0 Å². The zero-order chi connectivity index (χ0) is 20.7. The van der Waals surface area contributed by atoms with Crippen molar-refractivity contribution in [3.8, 4) is 5.88 Å². The van der Waals surface area contributed by atoms with Crippen LogP contribution < -0.4 is 10.1 Å². The molecular weight excluding hydrogens is 398 g/mol. The highest BCUT2D eigenvalue weighted by molar-refractivity contribution is 7.15. The van der Waals surface area contributed by atoms with Crippen LogP contribution in [0.3, 0.4) is 0 Å². The second-order valence-corrected chi connectivity index (χ2v) is 9.31. The molecule has 1 saturated carbocycles. The van der Waals surface area contributed by atoms with E-state index in [4.69, 9.17) is 9.72 Å². The van der Waals surface area contributed by atoms with Crippen molar-refractivity contribution in [3.05, 3.63) is 42.1 Å². The molecule has 1 unspecified atom stereocenters. The summed E-state index contributed by atoms with van der Waals surface area (Å²) >= 11 is 1.60. The minimum Gasteiger partial charge on any atom is -0.472 e. The largest absolute Gasteiger partial charge is 0.472 e. The Morgan fingerprint density at radius 3 is 3.03 bits per heavy atom. The van der Waals surface area contributed by atoms with Crippen LogP contribution in [0.4, 0.5) is 10.9 Å². The lowest BCUT2D eigenvalue weighted by Crippen LogP contribution is -2.29. The first-order valence-electron chi connectivity index (χ1n) is 10.4. The summed E-state index contributed by atoms with van der Waals surface area (Å²) in [4.78, 5) is 24.0. The van der Waals surface area contributed by atoms with Crippen LogP contribution in [0.5, 0.6) is 5.88 Å². The second kappa shape index (κ2) is 7.75. The number of hydrogen-bond acceptors (Lipinski definition) is 6. The minimum atomic E-state index is -0.0752. The van der Waals surface area contributed by atoms with Gasteiger partial charge in [-0.1, -0.05) is 6.58 Å². The Kier molecular flexibility index (Phi) is 4.94. The Morgan fingerprint density at radius 2 is 2.30 bits per heavy atom. The Morgan fingerprint density at radius 1 is 1.43 bits per heavy atom. The zero-order valence-corrected chi connectivity index (χ0v) is 17.8. The van der Waals surface area contributed by atoms with Gasteiger partial charge in [-0.3, -0.25) is 4.79 Å². The molecule has 7 nitrogen and oxygen atoms in total. The molecule has 0 bridgehead atoms. The van der Waals surface area contributed by atoms with Crippen LogP contribution >= 0.6 is 11.3 Å². The van der Waals surface area contributed by atoms with Crippen molar-refractivity contribution in [1.29, 1.82) is 0 Å². The molecule has 1 saturated heterocycles. The quantitative estimate of drug-likeness (QED) is 0.579. The Hall–Kier alpha value is -2.87. The number of rotatable bonds is 7. The fraction of sp³-hybridized carbons (Fsp3) is 0.409. The van der Waals surface area contributed by atoms with Gasteiger partial charge in [0.15, 0.2) is 5.13 Å². The molecule has 1 amide bonds. The Bertz CT molecular complexity index is 1100. The van der Waals surface area contributed by atoms with Gasteiger partial charge < -0.3 is 19.5 Å². The maximum atomic E-state index is 11.9. The van der Waals surface area contributed by atoms with Gasteiger partial charge in [0.1, 0.15) is 11.9 Å². The first kappa shape index (κ1) is 19.1. The molecule has 3 aromatic rings. The summed E-state index contributed by atoms with van der Waals surface area (Å²) in [6.45, 7) is 7.87. The van der Waals surface area contributed by atoms with E-state index >= 15 is 0 Å². The van der Waals surface area contributed by atoms with Gasteiger partial charge in [0.05, 0.1) is 17.4 Å². The summed E-state index contributed by atoms with van der Waals surface area (Å²) < 4.78 is 8.62. The number of nitrogens with one attached hydrogen (secondary N) is 1. The molecule has 156 valence electrons. The molecule has 3 aromatic heterocycles. The van der Waals surface area contributed by atoms with Crippen molar-refractivity contribution in [2.45, 2.75) is 38.8 Å². The molecule has 1 aliphatic carbocycles. The summed E-state index contributed by atoms with van der Waals surface area (Å²) in [6, 6.07) is 4.16. The molecule has 1 aliphatic heterocycles. The number of hydrogen-bond donors (Lipinski definition) is 1. The summed E-state index contributed by atoms with van der Waals surface area (Å²) in [5.41, 5.74) is 1.11. The molecule has 2 fully saturated rings. The van der Waals surface area contributed by atoms with Crippen LogP contribution in [0.15, 0.2) is 37.2 Å². The Labute approximate surface area is 179 Å². The van der Waals surface area contributed by atoms with Gasteiger partial charge in [-0.05, 0) is 37.8 Å². The van der Waals surface area contributed by atoms with E-state index in [0.29, 0.717) is 19.0 Å². The number of carbonyl (C=O) groups is 1. The van der Waals surface area contributed by atoms with E-state index in [9.17, 15) is 4.79 Å². The topological polar surface area (TPSA) is 72.3 Å². The number of anilines is 2. The smallest absolute Gasteiger partial charge is 0.246 e. The molecular formula is C22H25N5O2S. The standard InChI is InChI=1S/C22H25N5O2S/c1-3-20(28)27-8-6-16(13-27)29-21-17-7-9-26(12-15-4-5-15)18(17)10-19(24-21)25-22-23-11-14(2)30-22/h3,7,9-11,15-16H,1,4-6,8,12-13H2,2H3,(H,23,24,25). The molecule has 2 aliphatic rings. The maximum Gasteiger partial charge on any atom is 0.246 e. The number of ether oxygens (including phenoxy) is 1. The predicted octanol–water partition coefficient (Wildman–Crippen LogP) is 4.12. The van der Waals surface area contributed by atoms with E-state index in [-0.39, 0.29) is 12.0 Å². The van der Waals surface area contributed by atoms with Gasteiger partial charge in [-0.2, -0.15) is 4.98 Å². The van der Waals surface area contributed by atoms with Crippen molar-refractivity contribution in [1.82, 2.24) is 19.4 Å². The molecule has 0 aromatic carbocycles. The van der Waals surface area contributed by atoms with Crippen molar-refractivity contribution < 1.29 is 9.53 Å². The number of amides is 1. The van der Waals surface area contributed by atoms with Gasteiger partial charge in [-0.25, -0.2) is 4.98 Å². The molecule has 8 heteroatoms. The lowest BCUT2D eigenvalue weighted by Gasteiger charge is -2.17. The molecule has 0 spiro atoms. The lowest BCUT2D eigenvalue weighted by atomic mass is 10.3. The SMILES string of the molecule is C=CC(=O)N1CCC(Oc2nc(Nc3ncc(C)s3)cc3c2ccn3CC2CC2)C1. The predicted molar refractivity (Wildman–Crippen MR) is 118 cm³/mol. The van der Waals surface area contributed by atoms with E-state index in [1.165, 1.54) is 18.9 Å². The monoisotopic (exact) mass is 423 g/mol. The van der Waals surface area contributed by atoms with Crippen molar-refractivity contribution >= 4 is 39.1 Å². The third-order valence-electron chi connectivity index (χ3n) is 5.65. The number of pyridine rings is 1. The van der Waals surface area contributed by atoms with Gasteiger partial charge >= 0.3 is 0 Å². The molecule has 0 radical (unpaired) electrons. The highest BCUT2D eigenvalue weighted by Gasteiger charge is 2.28. The Balaban J connectivity index is 1.45. The minimum absolute atomic E-state index is 0.0515. The molecule has 1 atom stereocenters. The average Bonchev–Trinajstić information content (AvgIpc) is 3.08. The third-order valence-corrected chi connectivity index (χ3v) is 6.48. The summed E-state index contributed by atoms with van der Waals surface area (Å²) in [7, 11) is 0. The first-order chi connectivity index (χ1) is 14.6. The summed E-state index contributed by atoms with van der Waals surface area (Å²) in [5.74, 6) is 2.05.